The lowest BCUT2D eigenvalue weighted by molar-refractivity contribution is 0.0293. The summed E-state index contributed by atoms with van der Waals surface area (Å²) in [5.74, 6) is 0.0364. The van der Waals surface area contributed by atoms with Gasteiger partial charge in [0, 0.05) is 18.7 Å². The summed E-state index contributed by atoms with van der Waals surface area (Å²) in [5.41, 5.74) is 1.21. The van der Waals surface area contributed by atoms with E-state index >= 15 is 0 Å². The monoisotopic (exact) mass is 314 g/mol. The molecule has 0 aliphatic carbocycles. The maximum absolute atomic E-state index is 12.2. The van der Waals surface area contributed by atoms with Gasteiger partial charge in [-0.2, -0.15) is 10.2 Å². The van der Waals surface area contributed by atoms with E-state index in [0.29, 0.717) is 37.4 Å². The van der Waals surface area contributed by atoms with E-state index in [2.05, 4.69) is 10.1 Å². The average molecular weight is 314 g/mol. The molecule has 3 rings (SSSR count). The van der Waals surface area contributed by atoms with Gasteiger partial charge in [-0.15, -0.1) is 0 Å². The van der Waals surface area contributed by atoms with E-state index in [0.717, 1.165) is 0 Å². The van der Waals surface area contributed by atoms with Crippen LogP contribution in [0.2, 0.25) is 0 Å². The predicted octanol–water partition coefficient (Wildman–Crippen LogP) is 2.11. The Morgan fingerprint density at radius 2 is 1.87 bits per heavy atom. The number of aromatic nitrogens is 2. The SMILES string of the molecule is CC.N#Cc1ccc(-c2nc(C(=O)N3CCOCC3)no2)cc1. The van der Waals surface area contributed by atoms with E-state index in [4.69, 9.17) is 14.5 Å². The van der Waals surface area contributed by atoms with Gasteiger partial charge in [-0.3, -0.25) is 4.79 Å². The van der Waals surface area contributed by atoms with Crippen molar-refractivity contribution in [3.63, 3.8) is 0 Å². The lowest BCUT2D eigenvalue weighted by Crippen LogP contribution is -2.41. The molecule has 1 aliphatic rings. The maximum atomic E-state index is 12.2. The van der Waals surface area contributed by atoms with Crippen molar-refractivity contribution < 1.29 is 14.1 Å². The molecule has 2 heterocycles. The zero-order valence-electron chi connectivity index (χ0n) is 13.2. The molecule has 0 spiro atoms. The summed E-state index contributed by atoms with van der Waals surface area (Å²) in [6.45, 7) is 6.09. The van der Waals surface area contributed by atoms with Crippen molar-refractivity contribution in [1.29, 1.82) is 5.26 Å². The van der Waals surface area contributed by atoms with Gasteiger partial charge in [0.15, 0.2) is 0 Å². The number of hydrogen-bond donors (Lipinski definition) is 0. The number of nitriles is 1. The normalized spacial score (nSPS) is 13.7. The molecule has 23 heavy (non-hydrogen) atoms. The quantitative estimate of drug-likeness (QED) is 0.843. The van der Waals surface area contributed by atoms with Crippen LogP contribution in [-0.2, 0) is 4.74 Å². The third-order valence-corrected chi connectivity index (χ3v) is 3.18. The van der Waals surface area contributed by atoms with Crippen LogP contribution in [0.15, 0.2) is 28.8 Å². The molecule has 2 aromatic rings. The van der Waals surface area contributed by atoms with E-state index < -0.39 is 0 Å². The Hall–Kier alpha value is -2.72. The molecule has 1 amide bonds. The molecule has 1 fully saturated rings. The third-order valence-electron chi connectivity index (χ3n) is 3.18. The molecular formula is C16H18N4O3. The number of morpholine rings is 1. The molecule has 1 aromatic carbocycles. The Bertz CT molecular complexity index is 682. The minimum absolute atomic E-state index is 0.0382. The lowest BCUT2D eigenvalue weighted by Gasteiger charge is -2.25. The van der Waals surface area contributed by atoms with E-state index in [1.165, 1.54) is 0 Å². The highest BCUT2D eigenvalue weighted by Crippen LogP contribution is 2.18. The summed E-state index contributed by atoms with van der Waals surface area (Å²) >= 11 is 0. The van der Waals surface area contributed by atoms with Gasteiger partial charge in [0.2, 0.25) is 0 Å². The fraction of sp³-hybridized carbons (Fsp3) is 0.375. The van der Waals surface area contributed by atoms with Crippen molar-refractivity contribution in [3.05, 3.63) is 35.7 Å². The number of benzene rings is 1. The number of carbonyl (C=O) groups is 1. The van der Waals surface area contributed by atoms with Gasteiger partial charge in [-0.05, 0) is 24.3 Å². The van der Waals surface area contributed by atoms with Crippen molar-refractivity contribution in [2.45, 2.75) is 13.8 Å². The fourth-order valence-corrected chi connectivity index (χ4v) is 2.02. The Balaban J connectivity index is 0.000000924. The minimum Gasteiger partial charge on any atom is -0.378 e. The van der Waals surface area contributed by atoms with Crippen molar-refractivity contribution in [2.75, 3.05) is 26.3 Å². The van der Waals surface area contributed by atoms with Gasteiger partial charge in [0.25, 0.3) is 17.6 Å². The molecule has 1 aliphatic heterocycles. The number of nitrogens with zero attached hydrogens (tertiary/aromatic N) is 4. The average Bonchev–Trinajstić information content (AvgIpc) is 3.13. The molecule has 0 radical (unpaired) electrons. The van der Waals surface area contributed by atoms with Crippen LogP contribution in [0, 0.1) is 11.3 Å². The van der Waals surface area contributed by atoms with E-state index in [9.17, 15) is 4.79 Å². The highest BCUT2D eigenvalue weighted by Gasteiger charge is 2.23. The van der Waals surface area contributed by atoms with Gasteiger partial charge in [0.05, 0.1) is 24.8 Å². The largest absolute Gasteiger partial charge is 0.378 e. The fourth-order valence-electron chi connectivity index (χ4n) is 2.02. The second kappa shape index (κ2) is 8.06. The summed E-state index contributed by atoms with van der Waals surface area (Å²) in [5, 5.41) is 12.5. The third kappa shape index (κ3) is 3.93. The summed E-state index contributed by atoms with van der Waals surface area (Å²) in [4.78, 5) is 17.9. The predicted molar refractivity (Wildman–Crippen MR) is 82.5 cm³/mol. The second-order valence-corrected chi connectivity index (χ2v) is 4.52. The first kappa shape index (κ1) is 16.6. The van der Waals surface area contributed by atoms with Crippen LogP contribution in [0.4, 0.5) is 0 Å². The van der Waals surface area contributed by atoms with Gasteiger partial charge in [0.1, 0.15) is 0 Å². The van der Waals surface area contributed by atoms with Crippen molar-refractivity contribution in [1.82, 2.24) is 15.0 Å². The molecule has 7 nitrogen and oxygen atoms in total. The van der Waals surface area contributed by atoms with Crippen LogP contribution in [0.3, 0.4) is 0 Å². The first-order valence-corrected chi connectivity index (χ1v) is 7.49. The molecule has 0 unspecified atom stereocenters. The first-order valence-electron chi connectivity index (χ1n) is 7.49. The van der Waals surface area contributed by atoms with Crippen molar-refractivity contribution in [2.24, 2.45) is 0 Å². The minimum atomic E-state index is -0.262. The Labute approximate surface area is 134 Å². The van der Waals surface area contributed by atoms with E-state index in [-0.39, 0.29) is 17.6 Å². The zero-order chi connectivity index (χ0) is 16.7. The smallest absolute Gasteiger partial charge is 0.295 e. The maximum Gasteiger partial charge on any atom is 0.295 e. The van der Waals surface area contributed by atoms with Crippen LogP contribution in [0.5, 0.6) is 0 Å². The number of ether oxygens (including phenoxy) is 1. The standard InChI is InChI=1S/C14H12N4O3.C2H6/c15-9-10-1-3-11(4-2-10)13-16-12(17-21-13)14(19)18-5-7-20-8-6-18;1-2/h1-4H,5-8H2;1-2H3. The number of amides is 1. The van der Waals surface area contributed by atoms with Gasteiger partial charge in [-0.1, -0.05) is 19.0 Å². The molecule has 0 bridgehead atoms. The lowest BCUT2D eigenvalue weighted by atomic mass is 10.1. The summed E-state index contributed by atoms with van der Waals surface area (Å²) < 4.78 is 10.3. The van der Waals surface area contributed by atoms with Gasteiger partial charge < -0.3 is 14.2 Å². The highest BCUT2D eigenvalue weighted by molar-refractivity contribution is 5.90. The Kier molecular flexibility index (Phi) is 5.83. The summed E-state index contributed by atoms with van der Waals surface area (Å²) in [6.07, 6.45) is 0. The van der Waals surface area contributed by atoms with Gasteiger partial charge in [-0.25, -0.2) is 0 Å². The number of hydrogen-bond acceptors (Lipinski definition) is 6. The van der Waals surface area contributed by atoms with E-state index in [1.807, 2.05) is 19.9 Å². The second-order valence-electron chi connectivity index (χ2n) is 4.52. The highest BCUT2D eigenvalue weighted by atomic mass is 16.5. The zero-order valence-corrected chi connectivity index (χ0v) is 13.2. The Morgan fingerprint density at radius 3 is 2.48 bits per heavy atom. The molecule has 0 N–H and O–H groups in total. The van der Waals surface area contributed by atoms with Crippen LogP contribution in [-0.4, -0.2) is 47.3 Å². The Morgan fingerprint density at radius 1 is 1.22 bits per heavy atom. The van der Waals surface area contributed by atoms with Crippen LogP contribution >= 0.6 is 0 Å². The van der Waals surface area contributed by atoms with Crippen molar-refractivity contribution in [3.8, 4) is 17.5 Å². The van der Waals surface area contributed by atoms with E-state index in [1.54, 1.807) is 29.2 Å². The molecule has 120 valence electrons. The molecule has 1 aromatic heterocycles. The van der Waals surface area contributed by atoms with Gasteiger partial charge >= 0.3 is 0 Å². The molecule has 1 saturated heterocycles. The first-order chi connectivity index (χ1) is 11.3. The van der Waals surface area contributed by atoms with Crippen molar-refractivity contribution >= 4 is 5.91 Å². The topological polar surface area (TPSA) is 92.2 Å². The molecule has 0 atom stereocenters. The van der Waals surface area contributed by atoms with Crippen LogP contribution < -0.4 is 0 Å². The number of carbonyl (C=O) groups excluding carboxylic acids is 1. The summed E-state index contributed by atoms with van der Waals surface area (Å²) in [6, 6.07) is 8.75. The van der Waals surface area contributed by atoms with Crippen LogP contribution in [0.1, 0.15) is 30.0 Å². The summed E-state index contributed by atoms with van der Waals surface area (Å²) in [7, 11) is 0. The molecule has 0 saturated carbocycles. The van der Waals surface area contributed by atoms with Crippen LogP contribution in [0.25, 0.3) is 11.5 Å². The molecular weight excluding hydrogens is 296 g/mol. The molecule has 7 heteroatoms. The number of rotatable bonds is 2.